The summed E-state index contributed by atoms with van der Waals surface area (Å²) < 4.78 is 14.7. The topological polar surface area (TPSA) is 63.9 Å². The molecule has 0 bridgehead atoms. The summed E-state index contributed by atoms with van der Waals surface area (Å²) in [5, 5.41) is -0.762. The van der Waals surface area contributed by atoms with Gasteiger partial charge in [-0.15, -0.1) is 0 Å². The first-order chi connectivity index (χ1) is 8.10. The third-order valence-corrected chi connectivity index (χ3v) is 2.63. The number of cyclic esters (lactones) is 1. The lowest BCUT2D eigenvalue weighted by atomic mass is 10.0. The van der Waals surface area contributed by atoms with Crippen molar-refractivity contribution in [2.45, 2.75) is 6.10 Å². The van der Waals surface area contributed by atoms with Gasteiger partial charge in [0.1, 0.15) is 5.56 Å². The third-order valence-electron chi connectivity index (χ3n) is 2.43. The third kappa shape index (κ3) is 1.68. The second-order valence-electron chi connectivity index (χ2n) is 3.29. The molecule has 1 atom stereocenters. The fraction of sp³-hybridized carbons (Fsp3) is 0.182. The molecule has 0 N–H and O–H groups in total. The minimum atomic E-state index is -1.09. The van der Waals surface area contributed by atoms with Gasteiger partial charge in [-0.25, -0.2) is 9.22 Å². The first kappa shape index (κ1) is 11.6. The van der Waals surface area contributed by atoms with Gasteiger partial charge in [-0.2, -0.15) is 0 Å². The lowest BCUT2D eigenvalue weighted by Gasteiger charge is -2.04. The number of halogens is 1. The van der Waals surface area contributed by atoms with Crippen molar-refractivity contribution in [2.75, 3.05) is 7.11 Å². The van der Waals surface area contributed by atoms with Gasteiger partial charge < -0.3 is 9.47 Å². The molecule has 1 aliphatic rings. The van der Waals surface area contributed by atoms with Gasteiger partial charge in [0, 0.05) is 11.6 Å². The van der Waals surface area contributed by atoms with Crippen molar-refractivity contribution < 1.29 is 23.5 Å². The minimum Gasteiger partial charge on any atom is -0.488 e. The van der Waals surface area contributed by atoms with Crippen LogP contribution in [0.2, 0.25) is 0 Å². The predicted molar refractivity (Wildman–Crippen MR) is 58.6 cm³/mol. The number of benzene rings is 1. The standard InChI is InChI=1S/C11H8ClO5/c1-15-6-4-3-5-7(9(6)16-2)11(14)17-8(5)10(12)13/h3-4,8H,1H2,2H3/q+1. The highest BCUT2D eigenvalue weighted by atomic mass is 35.5. The van der Waals surface area contributed by atoms with Crippen molar-refractivity contribution in [3.8, 4) is 11.5 Å². The fourth-order valence-electron chi connectivity index (χ4n) is 1.72. The molecule has 1 aliphatic heterocycles. The highest BCUT2D eigenvalue weighted by Gasteiger charge is 2.40. The summed E-state index contributed by atoms with van der Waals surface area (Å²) in [6, 6.07) is 3.05. The van der Waals surface area contributed by atoms with Gasteiger partial charge in [-0.1, -0.05) is 0 Å². The summed E-state index contributed by atoms with van der Waals surface area (Å²) in [6.07, 6.45) is -1.09. The van der Waals surface area contributed by atoms with Crippen LogP contribution in [0, 0.1) is 0 Å². The summed E-state index contributed by atoms with van der Waals surface area (Å²) in [5.41, 5.74) is 0.514. The first-order valence-electron chi connectivity index (χ1n) is 4.63. The number of carbonyl (C=O) groups excluding carboxylic acids is 3. The van der Waals surface area contributed by atoms with Crippen LogP contribution in [0.5, 0.6) is 11.5 Å². The van der Waals surface area contributed by atoms with Gasteiger partial charge in [0.2, 0.25) is 11.9 Å². The Hall–Kier alpha value is -1.88. The lowest BCUT2D eigenvalue weighted by molar-refractivity contribution is -0.356. The summed E-state index contributed by atoms with van der Waals surface area (Å²) in [7, 11) is 1.38. The maximum Gasteiger partial charge on any atom is 0.393 e. The van der Waals surface area contributed by atoms with Crippen LogP contribution in [0.15, 0.2) is 12.1 Å². The summed E-state index contributed by atoms with van der Waals surface area (Å²) in [4.78, 5) is 22.8. The normalized spacial score (nSPS) is 17.3. The van der Waals surface area contributed by atoms with E-state index in [9.17, 15) is 9.59 Å². The number of carbonyl (C=O) groups is 2. The second-order valence-corrected chi connectivity index (χ2v) is 3.67. The Kier molecular flexibility index (Phi) is 2.85. The molecule has 1 unspecified atom stereocenters. The van der Waals surface area contributed by atoms with Crippen LogP contribution in [-0.4, -0.2) is 25.1 Å². The molecule has 1 aromatic carbocycles. The highest BCUT2D eigenvalue weighted by Crippen LogP contribution is 2.42. The van der Waals surface area contributed by atoms with E-state index in [0.29, 0.717) is 5.56 Å². The van der Waals surface area contributed by atoms with Crippen molar-refractivity contribution in [2.24, 2.45) is 0 Å². The minimum absolute atomic E-state index is 0.146. The van der Waals surface area contributed by atoms with E-state index in [4.69, 9.17) is 25.5 Å². The summed E-state index contributed by atoms with van der Waals surface area (Å²) in [5.74, 6) is -0.205. The van der Waals surface area contributed by atoms with E-state index in [1.54, 1.807) is 0 Å². The highest BCUT2D eigenvalue weighted by molar-refractivity contribution is 6.64. The molecule has 88 valence electrons. The molecule has 0 aromatic heterocycles. The van der Waals surface area contributed by atoms with Gasteiger partial charge in [0.25, 0.3) is 12.0 Å². The predicted octanol–water partition coefficient (Wildman–Crippen LogP) is 1.75. The number of methoxy groups -OCH3 is 1. The van der Waals surface area contributed by atoms with E-state index in [1.807, 2.05) is 0 Å². The Labute approximate surface area is 102 Å². The number of esters is 1. The zero-order valence-corrected chi connectivity index (χ0v) is 9.61. The average Bonchev–Trinajstić information content (AvgIpc) is 2.66. The Morgan fingerprint density at radius 3 is 2.82 bits per heavy atom. The number of ether oxygens (including phenoxy) is 2. The number of rotatable bonds is 3. The molecular formula is C11H8ClO5+. The van der Waals surface area contributed by atoms with E-state index >= 15 is 0 Å². The van der Waals surface area contributed by atoms with Crippen LogP contribution in [-0.2, 0) is 14.0 Å². The van der Waals surface area contributed by atoms with Gasteiger partial charge in [0.05, 0.1) is 7.11 Å². The van der Waals surface area contributed by atoms with E-state index < -0.39 is 17.3 Å². The maximum absolute atomic E-state index is 11.6. The molecule has 1 aromatic rings. The van der Waals surface area contributed by atoms with Gasteiger partial charge in [-0.05, 0) is 17.7 Å². The van der Waals surface area contributed by atoms with E-state index in [0.717, 1.165) is 0 Å². The van der Waals surface area contributed by atoms with Crippen molar-refractivity contribution in [1.29, 1.82) is 0 Å². The van der Waals surface area contributed by atoms with Gasteiger partial charge >= 0.3 is 11.7 Å². The van der Waals surface area contributed by atoms with Crippen molar-refractivity contribution in [3.05, 3.63) is 23.3 Å². The molecule has 1 heterocycles. The first-order valence-corrected chi connectivity index (χ1v) is 5.01. The summed E-state index contributed by atoms with van der Waals surface area (Å²) in [6.45, 7) is 3.24. The van der Waals surface area contributed by atoms with Crippen molar-refractivity contribution in [1.82, 2.24) is 0 Å². The molecule has 0 amide bonds. The monoisotopic (exact) mass is 255 g/mol. The Bertz CT molecular complexity index is 523. The van der Waals surface area contributed by atoms with Crippen LogP contribution in [0.4, 0.5) is 0 Å². The molecule has 0 saturated carbocycles. The van der Waals surface area contributed by atoms with Crippen LogP contribution in [0.3, 0.4) is 0 Å². The lowest BCUT2D eigenvalue weighted by Crippen LogP contribution is -2.05. The number of hydrogen-bond acceptors (Lipinski definition) is 4. The van der Waals surface area contributed by atoms with Crippen LogP contribution < -0.4 is 4.74 Å². The van der Waals surface area contributed by atoms with E-state index in [2.05, 4.69) is 6.79 Å². The van der Waals surface area contributed by atoms with Crippen molar-refractivity contribution in [3.63, 3.8) is 0 Å². The molecule has 2 rings (SSSR count). The fourth-order valence-corrected chi connectivity index (χ4v) is 1.88. The van der Waals surface area contributed by atoms with Crippen LogP contribution in [0.1, 0.15) is 22.0 Å². The second kappa shape index (κ2) is 4.18. The average molecular weight is 256 g/mol. The van der Waals surface area contributed by atoms with Crippen molar-refractivity contribution >= 4 is 29.6 Å². The SMILES string of the molecule is C=[O+]c1ccc2c(c1OC)C(=O)OC2C(=O)Cl. The Balaban J connectivity index is 2.67. The van der Waals surface area contributed by atoms with E-state index in [-0.39, 0.29) is 17.1 Å². The van der Waals surface area contributed by atoms with Gasteiger partial charge in [0.15, 0.2) is 0 Å². The Morgan fingerprint density at radius 2 is 2.29 bits per heavy atom. The number of hydrogen-bond donors (Lipinski definition) is 0. The molecule has 5 nitrogen and oxygen atoms in total. The zero-order valence-electron chi connectivity index (χ0n) is 8.86. The van der Waals surface area contributed by atoms with Crippen LogP contribution in [0.25, 0.3) is 0 Å². The molecule has 0 saturated heterocycles. The van der Waals surface area contributed by atoms with Gasteiger partial charge in [-0.3, -0.25) is 4.79 Å². The maximum atomic E-state index is 11.6. The molecule has 0 spiro atoms. The molecule has 17 heavy (non-hydrogen) atoms. The van der Waals surface area contributed by atoms with E-state index in [1.165, 1.54) is 19.2 Å². The molecule has 0 aliphatic carbocycles. The smallest absolute Gasteiger partial charge is 0.393 e. The number of fused-ring (bicyclic) bond motifs is 1. The molecule has 6 heteroatoms. The zero-order chi connectivity index (χ0) is 12.6. The molecule has 0 fully saturated rings. The largest absolute Gasteiger partial charge is 0.488 e. The quantitative estimate of drug-likeness (QED) is 0.469. The Morgan fingerprint density at radius 1 is 1.59 bits per heavy atom. The molecular weight excluding hydrogens is 248 g/mol. The van der Waals surface area contributed by atoms with Crippen LogP contribution >= 0.6 is 11.6 Å². The molecule has 0 radical (unpaired) electrons. The summed E-state index contributed by atoms with van der Waals surface area (Å²) >= 11 is 5.35.